The first kappa shape index (κ1) is 14.0. The zero-order valence-corrected chi connectivity index (χ0v) is 11.9. The van der Waals surface area contributed by atoms with E-state index >= 15 is 0 Å². The third kappa shape index (κ3) is 2.96. The fourth-order valence-corrected chi connectivity index (χ4v) is 2.50. The van der Waals surface area contributed by atoms with E-state index in [1.54, 1.807) is 7.05 Å². The second-order valence-corrected chi connectivity index (χ2v) is 5.22. The van der Waals surface area contributed by atoms with Crippen LogP contribution in [0.3, 0.4) is 0 Å². The Hall–Kier alpha value is -1.39. The number of hydrogen-bond donors (Lipinski definition) is 1. The van der Waals surface area contributed by atoms with Crippen LogP contribution in [-0.4, -0.2) is 36.6 Å². The lowest BCUT2D eigenvalue weighted by Crippen LogP contribution is -2.55. The van der Waals surface area contributed by atoms with Crippen molar-refractivity contribution in [3.63, 3.8) is 0 Å². The Balaban J connectivity index is 2.03. The first-order chi connectivity index (χ1) is 9.09. The quantitative estimate of drug-likeness (QED) is 0.817. The number of esters is 1. The van der Waals surface area contributed by atoms with E-state index in [4.69, 9.17) is 4.74 Å². The average molecular weight is 262 g/mol. The molecule has 0 radical (unpaired) electrons. The maximum absolute atomic E-state index is 12.0. The lowest BCUT2D eigenvalue weighted by Gasteiger charge is -2.31. The number of rotatable bonds is 5. The van der Waals surface area contributed by atoms with E-state index in [2.05, 4.69) is 34.5 Å². The molecule has 104 valence electrons. The number of carbonyl (C=O) groups is 1. The Bertz CT molecular complexity index is 436. The van der Waals surface area contributed by atoms with Crippen molar-refractivity contribution in [2.24, 2.45) is 0 Å². The molecule has 0 bridgehead atoms. The molecule has 1 aromatic carbocycles. The van der Waals surface area contributed by atoms with Gasteiger partial charge in [-0.25, -0.2) is 0 Å². The van der Waals surface area contributed by atoms with Crippen LogP contribution in [0.2, 0.25) is 0 Å². The van der Waals surface area contributed by atoms with Crippen molar-refractivity contribution in [1.82, 2.24) is 10.2 Å². The predicted octanol–water partition coefficient (Wildman–Crippen LogP) is 1.54. The van der Waals surface area contributed by atoms with Crippen LogP contribution in [0.1, 0.15) is 25.0 Å². The summed E-state index contributed by atoms with van der Waals surface area (Å²) in [6.45, 7) is 6.58. The molecule has 0 fully saturated rings. The second-order valence-electron chi connectivity index (χ2n) is 5.22. The minimum absolute atomic E-state index is 0.187. The minimum Gasteiger partial charge on any atom is -0.465 e. The molecule has 0 saturated heterocycles. The largest absolute Gasteiger partial charge is 0.465 e. The van der Waals surface area contributed by atoms with Crippen LogP contribution in [-0.2, 0) is 22.6 Å². The molecule has 4 heteroatoms. The van der Waals surface area contributed by atoms with Crippen LogP contribution in [0.5, 0.6) is 0 Å². The van der Waals surface area contributed by atoms with Gasteiger partial charge in [-0.1, -0.05) is 24.3 Å². The summed E-state index contributed by atoms with van der Waals surface area (Å²) in [6, 6.07) is 8.42. The van der Waals surface area contributed by atoms with Gasteiger partial charge in [0.05, 0.1) is 6.61 Å². The standard InChI is InChI=1S/C15H22N2O2/c1-4-19-14(18)15(2,16-3)11-17-9-12-7-5-6-8-13(12)10-17/h5-8,16H,4,9-11H2,1-3H3. The Morgan fingerprint density at radius 1 is 1.37 bits per heavy atom. The van der Waals surface area contributed by atoms with Crippen molar-refractivity contribution in [2.45, 2.75) is 32.5 Å². The maximum Gasteiger partial charge on any atom is 0.327 e. The van der Waals surface area contributed by atoms with E-state index in [-0.39, 0.29) is 5.97 Å². The third-order valence-electron chi connectivity index (χ3n) is 3.72. The highest BCUT2D eigenvalue weighted by Crippen LogP contribution is 2.24. The molecule has 1 aromatic rings. The topological polar surface area (TPSA) is 41.6 Å². The van der Waals surface area contributed by atoms with Gasteiger partial charge in [-0.05, 0) is 32.0 Å². The number of ether oxygens (including phenoxy) is 1. The van der Waals surface area contributed by atoms with E-state index in [1.807, 2.05) is 13.8 Å². The Morgan fingerprint density at radius 3 is 2.42 bits per heavy atom. The van der Waals surface area contributed by atoms with E-state index in [0.717, 1.165) is 13.1 Å². The minimum atomic E-state index is -0.655. The maximum atomic E-state index is 12.0. The number of nitrogens with one attached hydrogen (secondary N) is 1. The normalized spacial score (nSPS) is 17.8. The third-order valence-corrected chi connectivity index (χ3v) is 3.72. The highest BCUT2D eigenvalue weighted by Gasteiger charge is 2.36. The Labute approximate surface area is 114 Å². The molecular formula is C15H22N2O2. The summed E-state index contributed by atoms with van der Waals surface area (Å²) in [6.07, 6.45) is 0. The summed E-state index contributed by atoms with van der Waals surface area (Å²) in [4.78, 5) is 14.3. The van der Waals surface area contributed by atoms with Gasteiger partial charge in [0.15, 0.2) is 0 Å². The molecule has 1 unspecified atom stereocenters. The summed E-state index contributed by atoms with van der Waals surface area (Å²) in [5.41, 5.74) is 2.05. The first-order valence-electron chi connectivity index (χ1n) is 6.74. The molecule has 1 N–H and O–H groups in total. The fourth-order valence-electron chi connectivity index (χ4n) is 2.50. The number of likely N-dealkylation sites (N-methyl/N-ethyl adjacent to an activating group) is 1. The summed E-state index contributed by atoms with van der Waals surface area (Å²) >= 11 is 0. The predicted molar refractivity (Wildman–Crippen MR) is 74.7 cm³/mol. The van der Waals surface area contributed by atoms with E-state index in [0.29, 0.717) is 13.2 Å². The smallest absolute Gasteiger partial charge is 0.327 e. The molecule has 0 aromatic heterocycles. The zero-order valence-electron chi connectivity index (χ0n) is 11.9. The van der Waals surface area contributed by atoms with Crippen LogP contribution in [0.15, 0.2) is 24.3 Å². The Morgan fingerprint density at radius 2 is 1.95 bits per heavy atom. The SMILES string of the molecule is CCOC(=O)C(C)(CN1Cc2ccccc2C1)NC. The van der Waals surface area contributed by atoms with Gasteiger partial charge in [0.2, 0.25) is 0 Å². The van der Waals surface area contributed by atoms with Crippen molar-refractivity contribution >= 4 is 5.97 Å². The highest BCUT2D eigenvalue weighted by atomic mass is 16.5. The number of hydrogen-bond acceptors (Lipinski definition) is 4. The average Bonchev–Trinajstić information content (AvgIpc) is 2.80. The summed E-state index contributed by atoms with van der Waals surface area (Å²) < 4.78 is 5.16. The first-order valence-corrected chi connectivity index (χ1v) is 6.74. The molecule has 1 aliphatic heterocycles. The molecule has 0 aliphatic carbocycles. The molecule has 2 rings (SSSR count). The van der Waals surface area contributed by atoms with Crippen molar-refractivity contribution in [3.8, 4) is 0 Å². The lowest BCUT2D eigenvalue weighted by molar-refractivity contribution is -0.151. The van der Waals surface area contributed by atoms with Gasteiger partial charge in [-0.15, -0.1) is 0 Å². The molecule has 1 heterocycles. The van der Waals surface area contributed by atoms with Crippen LogP contribution in [0.4, 0.5) is 0 Å². The number of nitrogens with zero attached hydrogens (tertiary/aromatic N) is 1. The molecule has 0 spiro atoms. The van der Waals surface area contributed by atoms with Crippen LogP contribution in [0.25, 0.3) is 0 Å². The summed E-state index contributed by atoms with van der Waals surface area (Å²) in [7, 11) is 1.81. The van der Waals surface area contributed by atoms with Crippen molar-refractivity contribution in [2.75, 3.05) is 20.2 Å². The molecule has 1 atom stereocenters. The van der Waals surface area contributed by atoms with E-state index in [1.165, 1.54) is 11.1 Å². The highest BCUT2D eigenvalue weighted by molar-refractivity contribution is 5.80. The molecule has 0 saturated carbocycles. The number of fused-ring (bicyclic) bond motifs is 1. The van der Waals surface area contributed by atoms with Gasteiger partial charge in [-0.2, -0.15) is 0 Å². The summed E-state index contributed by atoms with van der Waals surface area (Å²) in [5.74, 6) is -0.187. The zero-order chi connectivity index (χ0) is 13.9. The van der Waals surface area contributed by atoms with E-state index < -0.39 is 5.54 Å². The monoisotopic (exact) mass is 262 g/mol. The van der Waals surface area contributed by atoms with Gasteiger partial charge < -0.3 is 10.1 Å². The molecule has 4 nitrogen and oxygen atoms in total. The second kappa shape index (κ2) is 5.72. The molecular weight excluding hydrogens is 240 g/mol. The van der Waals surface area contributed by atoms with Gasteiger partial charge in [0.1, 0.15) is 5.54 Å². The van der Waals surface area contributed by atoms with Crippen molar-refractivity contribution in [1.29, 1.82) is 0 Å². The van der Waals surface area contributed by atoms with Crippen molar-refractivity contribution < 1.29 is 9.53 Å². The van der Waals surface area contributed by atoms with Crippen LogP contribution >= 0.6 is 0 Å². The lowest BCUT2D eigenvalue weighted by atomic mass is 10.0. The van der Waals surface area contributed by atoms with Crippen LogP contribution < -0.4 is 5.32 Å². The fraction of sp³-hybridized carbons (Fsp3) is 0.533. The molecule has 19 heavy (non-hydrogen) atoms. The molecule has 0 amide bonds. The van der Waals surface area contributed by atoms with E-state index in [9.17, 15) is 4.79 Å². The number of benzene rings is 1. The van der Waals surface area contributed by atoms with Gasteiger partial charge in [0.25, 0.3) is 0 Å². The van der Waals surface area contributed by atoms with Gasteiger partial charge in [0, 0.05) is 19.6 Å². The summed E-state index contributed by atoms with van der Waals surface area (Å²) in [5, 5.41) is 3.10. The van der Waals surface area contributed by atoms with Gasteiger partial charge in [-0.3, -0.25) is 9.69 Å². The molecule has 1 aliphatic rings. The number of carbonyl (C=O) groups excluding carboxylic acids is 1. The van der Waals surface area contributed by atoms with Crippen molar-refractivity contribution in [3.05, 3.63) is 35.4 Å². The van der Waals surface area contributed by atoms with Crippen LogP contribution in [0, 0.1) is 0 Å². The Kier molecular flexibility index (Phi) is 4.22. The van der Waals surface area contributed by atoms with Gasteiger partial charge >= 0.3 is 5.97 Å².